The van der Waals surface area contributed by atoms with Gasteiger partial charge in [-0.1, -0.05) is 31.2 Å². The van der Waals surface area contributed by atoms with Crippen LogP contribution >= 0.6 is 0 Å². The lowest BCUT2D eigenvalue weighted by molar-refractivity contribution is -0.128. The monoisotopic (exact) mass is 421 g/mol. The smallest absolute Gasteiger partial charge is 0.273 e. The van der Waals surface area contributed by atoms with Gasteiger partial charge in [0.1, 0.15) is 11.5 Å². The Morgan fingerprint density at radius 1 is 1.35 bits per heavy atom. The number of hydrogen-bond acceptors (Lipinski definition) is 5. The standard InChI is InChI=1S/C23H24FN5O2/c1-13-5-4-6-14-7-10-18(27-20(13)14)21(31)26-15-8-9-17(24)16(11-15)23(2)12-19(30)29(3)22(25)28-23/h4-11,13,20H,12H2,1-3H3,(H2,25,28)(H,26,31). The molecule has 0 bridgehead atoms. The molecule has 1 aliphatic carbocycles. The van der Waals surface area contributed by atoms with E-state index in [1.54, 1.807) is 13.0 Å². The van der Waals surface area contributed by atoms with Gasteiger partial charge in [-0.3, -0.25) is 19.5 Å². The molecule has 0 fully saturated rings. The molecule has 4 rings (SSSR count). The summed E-state index contributed by atoms with van der Waals surface area (Å²) in [6.07, 6.45) is 9.57. The normalized spacial score (nSPS) is 27.3. The molecule has 2 aliphatic heterocycles. The number of nitrogens with two attached hydrogens (primary N) is 1. The van der Waals surface area contributed by atoms with Gasteiger partial charge < -0.3 is 11.1 Å². The Hall–Kier alpha value is -3.55. The maximum Gasteiger partial charge on any atom is 0.273 e. The zero-order valence-corrected chi connectivity index (χ0v) is 17.6. The number of carbonyl (C=O) groups excluding carboxylic acids is 2. The lowest BCUT2D eigenvalue weighted by Gasteiger charge is -2.34. The highest BCUT2D eigenvalue weighted by atomic mass is 19.1. The molecule has 2 heterocycles. The van der Waals surface area contributed by atoms with Crippen molar-refractivity contribution in [3.63, 3.8) is 0 Å². The first-order chi connectivity index (χ1) is 14.7. The number of guanidine groups is 1. The van der Waals surface area contributed by atoms with Crippen LogP contribution in [0, 0.1) is 11.7 Å². The van der Waals surface area contributed by atoms with E-state index in [-0.39, 0.29) is 41.7 Å². The second kappa shape index (κ2) is 7.61. The van der Waals surface area contributed by atoms with Crippen LogP contribution in [0.5, 0.6) is 0 Å². The van der Waals surface area contributed by atoms with Gasteiger partial charge in [-0.15, -0.1) is 0 Å². The maximum atomic E-state index is 14.7. The van der Waals surface area contributed by atoms with E-state index < -0.39 is 11.4 Å². The molecule has 8 heteroatoms. The minimum absolute atomic E-state index is 0.0220. The number of dihydropyridines is 1. The predicted molar refractivity (Wildman–Crippen MR) is 118 cm³/mol. The highest BCUT2D eigenvalue weighted by molar-refractivity contribution is 6.47. The molecule has 0 saturated heterocycles. The van der Waals surface area contributed by atoms with Crippen LogP contribution in [0.15, 0.2) is 64.1 Å². The zero-order valence-electron chi connectivity index (χ0n) is 17.6. The minimum atomic E-state index is -1.16. The molecule has 0 spiro atoms. The summed E-state index contributed by atoms with van der Waals surface area (Å²) in [5, 5.41) is 2.78. The summed E-state index contributed by atoms with van der Waals surface area (Å²) in [5.41, 5.74) is 6.62. The number of fused-ring (bicyclic) bond motifs is 1. The number of aliphatic imine (C=N–C) groups is 2. The van der Waals surface area contributed by atoms with Crippen LogP contribution in [-0.2, 0) is 15.1 Å². The molecule has 3 unspecified atom stereocenters. The summed E-state index contributed by atoms with van der Waals surface area (Å²) in [4.78, 5) is 35.2. The second-order valence-electron chi connectivity index (χ2n) is 8.23. The van der Waals surface area contributed by atoms with Crippen LogP contribution in [0.25, 0.3) is 0 Å². The molecule has 3 atom stereocenters. The Labute approximate surface area is 179 Å². The van der Waals surface area contributed by atoms with E-state index >= 15 is 0 Å². The predicted octanol–water partition coefficient (Wildman–Crippen LogP) is 2.67. The van der Waals surface area contributed by atoms with Crippen LogP contribution in [0.3, 0.4) is 0 Å². The number of nitrogens with zero attached hydrogens (tertiary/aromatic N) is 3. The van der Waals surface area contributed by atoms with Gasteiger partial charge in [-0.2, -0.15) is 0 Å². The lowest BCUT2D eigenvalue weighted by atomic mass is 9.87. The topological polar surface area (TPSA) is 100 Å². The van der Waals surface area contributed by atoms with Crippen molar-refractivity contribution >= 4 is 29.2 Å². The first-order valence-corrected chi connectivity index (χ1v) is 10.1. The van der Waals surface area contributed by atoms with Gasteiger partial charge in [0.15, 0.2) is 5.96 Å². The van der Waals surface area contributed by atoms with Crippen molar-refractivity contribution in [3.8, 4) is 0 Å². The third kappa shape index (κ3) is 3.81. The number of carbonyl (C=O) groups is 2. The third-order valence-electron chi connectivity index (χ3n) is 5.87. The molecule has 0 saturated carbocycles. The molecule has 160 valence electrons. The van der Waals surface area contributed by atoms with E-state index in [9.17, 15) is 14.0 Å². The SMILES string of the molecule is CC1C=CC=C2C=CC(C(=O)Nc3ccc(F)c(C4(C)CC(=O)N(C)C(N)=N4)c3)=NC21. The van der Waals surface area contributed by atoms with E-state index in [0.717, 1.165) is 5.57 Å². The van der Waals surface area contributed by atoms with Gasteiger partial charge in [0.2, 0.25) is 5.91 Å². The van der Waals surface area contributed by atoms with Crippen molar-refractivity contribution in [1.82, 2.24) is 4.90 Å². The second-order valence-corrected chi connectivity index (χ2v) is 8.23. The van der Waals surface area contributed by atoms with E-state index in [0.29, 0.717) is 11.4 Å². The summed E-state index contributed by atoms with van der Waals surface area (Å²) >= 11 is 0. The lowest BCUT2D eigenvalue weighted by Crippen LogP contribution is -2.47. The molecular weight excluding hydrogens is 397 g/mol. The Balaban J connectivity index is 1.59. The summed E-state index contributed by atoms with van der Waals surface area (Å²) in [7, 11) is 1.52. The molecule has 1 aromatic rings. The van der Waals surface area contributed by atoms with E-state index in [1.165, 1.54) is 30.1 Å². The number of anilines is 1. The number of allylic oxidation sites excluding steroid dienone is 2. The fourth-order valence-corrected chi connectivity index (χ4v) is 3.97. The molecule has 2 amide bonds. The molecule has 0 radical (unpaired) electrons. The number of amides is 2. The quantitative estimate of drug-likeness (QED) is 0.785. The van der Waals surface area contributed by atoms with E-state index in [2.05, 4.69) is 28.3 Å². The fraction of sp³-hybridized carbons (Fsp3) is 0.304. The van der Waals surface area contributed by atoms with Gasteiger partial charge in [-0.25, -0.2) is 9.38 Å². The van der Waals surface area contributed by atoms with Crippen molar-refractivity contribution in [1.29, 1.82) is 0 Å². The number of nitrogens with one attached hydrogen (secondary N) is 1. The first kappa shape index (κ1) is 20.7. The van der Waals surface area contributed by atoms with Gasteiger partial charge in [-0.05, 0) is 36.8 Å². The zero-order chi connectivity index (χ0) is 22.3. The van der Waals surface area contributed by atoms with Gasteiger partial charge >= 0.3 is 0 Å². The van der Waals surface area contributed by atoms with Crippen molar-refractivity contribution in [2.75, 3.05) is 12.4 Å². The minimum Gasteiger partial charge on any atom is -0.369 e. The Kier molecular flexibility index (Phi) is 5.08. The maximum absolute atomic E-state index is 14.7. The van der Waals surface area contributed by atoms with Crippen LogP contribution in [-0.4, -0.2) is 41.5 Å². The molecule has 0 aromatic heterocycles. The van der Waals surface area contributed by atoms with Crippen LogP contribution in [0.2, 0.25) is 0 Å². The molecular formula is C23H24FN5O2. The third-order valence-corrected chi connectivity index (χ3v) is 5.87. The Morgan fingerprint density at radius 2 is 2.13 bits per heavy atom. The van der Waals surface area contributed by atoms with Crippen molar-refractivity contribution in [2.45, 2.75) is 31.8 Å². The molecule has 1 aromatic carbocycles. The molecule has 7 nitrogen and oxygen atoms in total. The van der Waals surface area contributed by atoms with Crippen LogP contribution < -0.4 is 11.1 Å². The average Bonchev–Trinajstić information content (AvgIpc) is 2.73. The number of hydrogen-bond donors (Lipinski definition) is 2. The summed E-state index contributed by atoms with van der Waals surface area (Å²) in [5.74, 6) is -0.960. The van der Waals surface area contributed by atoms with Crippen LogP contribution in [0.1, 0.15) is 25.8 Å². The van der Waals surface area contributed by atoms with Crippen molar-refractivity contribution < 1.29 is 14.0 Å². The number of rotatable bonds is 3. The molecule has 3 N–H and O–H groups in total. The van der Waals surface area contributed by atoms with Gasteiger partial charge in [0, 0.05) is 24.2 Å². The van der Waals surface area contributed by atoms with Gasteiger partial charge in [0.25, 0.3) is 5.91 Å². The average molecular weight is 421 g/mol. The summed E-state index contributed by atoms with van der Waals surface area (Å²) < 4.78 is 14.7. The van der Waals surface area contributed by atoms with E-state index in [1.807, 2.05) is 18.2 Å². The van der Waals surface area contributed by atoms with Crippen molar-refractivity contribution in [2.24, 2.45) is 21.6 Å². The number of halogens is 1. The fourth-order valence-electron chi connectivity index (χ4n) is 3.97. The van der Waals surface area contributed by atoms with Crippen molar-refractivity contribution in [3.05, 3.63) is 65.5 Å². The van der Waals surface area contributed by atoms with Gasteiger partial charge in [0.05, 0.1) is 18.0 Å². The Morgan fingerprint density at radius 3 is 2.87 bits per heavy atom. The highest BCUT2D eigenvalue weighted by Gasteiger charge is 2.38. The largest absolute Gasteiger partial charge is 0.369 e. The first-order valence-electron chi connectivity index (χ1n) is 10.1. The summed E-state index contributed by atoms with van der Waals surface area (Å²) in [6.45, 7) is 3.70. The van der Waals surface area contributed by atoms with Crippen LogP contribution in [0.4, 0.5) is 10.1 Å². The molecule has 31 heavy (non-hydrogen) atoms. The highest BCUT2D eigenvalue weighted by Crippen LogP contribution is 2.36. The molecule has 3 aliphatic rings. The Bertz CT molecular complexity index is 1120. The summed E-state index contributed by atoms with van der Waals surface area (Å²) in [6, 6.07) is 4.11. The number of benzene rings is 1. The van der Waals surface area contributed by atoms with E-state index in [4.69, 9.17) is 5.73 Å².